The second-order valence-corrected chi connectivity index (χ2v) is 52.9. The number of aryl methyl sites for hydroxylation is 2. The highest BCUT2D eigenvalue weighted by molar-refractivity contribution is 7.91. The number of fused-ring (bicyclic) bond motifs is 6. The molecule has 8 aromatic rings. The topological polar surface area (TPSA) is 210 Å². The fourth-order valence-corrected chi connectivity index (χ4v) is 34.3. The number of hydrogen-bond acceptors (Lipinski definition) is 14. The van der Waals surface area contributed by atoms with Gasteiger partial charge in [-0.25, -0.2) is 26.3 Å². The van der Waals surface area contributed by atoms with Crippen LogP contribution in [0.15, 0.2) is 244 Å². The van der Waals surface area contributed by atoms with Gasteiger partial charge in [0.05, 0.1) is 47.3 Å². The normalized spacial score (nSPS) is 21.3. The number of nitrogens with zero attached hydrogens (tertiary/aromatic N) is 2. The SMILES string of the molecule is C=CCC[C@@H](C[C@@H](C)O[Si](c1ccccc1)(c1ccccc1)C(C)(C)C)S(=O)(=O)NC(=O)c1ccc2c(c1)N(C[C@@H]1CC[C@H]1[C@@H](O)/C=C/CCC)C[C@@]1(CCCc3cc(Cl)ccc31)CO2.C=CCC[C@H](C[C@@H](C)O[Si](c1ccccc1)(c1ccccc1)C(C)(C)C)S(=O)(=O)NC(=O)c1ccc2c(c1)N(C[C@@H]1CC[C@H]1[C@@H](O)/C=C/CCC)C[C@@]1(CCCc3cc(Cl)ccc31)CO2. The molecule has 2 spiro atoms. The number of unbranched alkanes of at least 4 members (excludes halogenated alkanes) is 2. The van der Waals surface area contributed by atoms with E-state index in [1.165, 1.54) is 22.3 Å². The predicted octanol–water partition coefficient (Wildman–Crippen LogP) is 20.6. The maximum atomic E-state index is 14.5. The Labute approximate surface area is 787 Å². The maximum absolute atomic E-state index is 14.5. The molecule has 130 heavy (non-hydrogen) atoms. The molecular weight excluding hydrogens is 1740 g/mol. The molecule has 696 valence electrons. The molecule has 0 radical (unpaired) electrons. The van der Waals surface area contributed by atoms with Crippen molar-refractivity contribution in [2.45, 2.75) is 253 Å². The van der Waals surface area contributed by atoms with Crippen LogP contribution in [0, 0.1) is 23.7 Å². The molecule has 16 nitrogen and oxygen atoms in total. The summed E-state index contributed by atoms with van der Waals surface area (Å²) in [6.07, 6.45) is 24.9. The third-order valence-corrected chi connectivity index (χ3v) is 42.8. The summed E-state index contributed by atoms with van der Waals surface area (Å²) in [4.78, 5) is 33.3. The minimum absolute atomic E-state index is 0.122. The van der Waals surface area contributed by atoms with Crippen molar-refractivity contribution in [2.24, 2.45) is 23.7 Å². The molecule has 0 bridgehead atoms. The third kappa shape index (κ3) is 22.5. The second kappa shape index (κ2) is 43.3. The van der Waals surface area contributed by atoms with E-state index < -0.39 is 83.4 Å². The summed E-state index contributed by atoms with van der Waals surface area (Å²) >= 11 is 13.0. The van der Waals surface area contributed by atoms with Gasteiger partial charge in [0.2, 0.25) is 20.0 Å². The number of sulfonamides is 2. The molecule has 2 fully saturated rings. The fourth-order valence-electron chi connectivity index (χ4n) is 21.5. The first-order valence-electron chi connectivity index (χ1n) is 47.4. The minimum atomic E-state index is -4.20. The number of allylic oxidation sites excluding steroid dienone is 4. The zero-order valence-corrected chi connectivity index (χ0v) is 83.1. The molecule has 4 aliphatic carbocycles. The predicted molar refractivity (Wildman–Crippen MR) is 538 cm³/mol. The summed E-state index contributed by atoms with van der Waals surface area (Å²) < 4.78 is 91.1. The number of aliphatic hydroxyl groups excluding tert-OH is 2. The van der Waals surface area contributed by atoms with E-state index in [-0.39, 0.29) is 81.4 Å². The fraction of sp³-hybridized carbons (Fsp3) is 0.463. The van der Waals surface area contributed by atoms with Crippen LogP contribution in [0.2, 0.25) is 20.1 Å². The highest BCUT2D eigenvalue weighted by atomic mass is 35.5. The van der Waals surface area contributed by atoms with E-state index in [2.05, 4.69) is 173 Å². The van der Waals surface area contributed by atoms with Crippen LogP contribution < -0.4 is 49.5 Å². The third-order valence-electron chi connectivity index (χ3n) is 28.4. The summed E-state index contributed by atoms with van der Waals surface area (Å²) in [6, 6.07) is 64.2. The highest BCUT2D eigenvalue weighted by Gasteiger charge is 2.54. The van der Waals surface area contributed by atoms with Gasteiger partial charge in [-0.05, 0) is 267 Å². The first kappa shape index (κ1) is 99.1. The lowest BCUT2D eigenvalue weighted by molar-refractivity contribution is 0.0454. The van der Waals surface area contributed by atoms with Crippen molar-refractivity contribution in [3.63, 3.8) is 0 Å². The van der Waals surface area contributed by atoms with Crippen molar-refractivity contribution in [2.75, 3.05) is 49.2 Å². The van der Waals surface area contributed by atoms with Crippen molar-refractivity contribution in [3.05, 3.63) is 287 Å². The molecule has 8 aromatic carbocycles. The van der Waals surface area contributed by atoms with Crippen LogP contribution in [0.1, 0.15) is 228 Å². The molecule has 2 amide bonds. The van der Waals surface area contributed by atoms with Gasteiger partial charge in [-0.15, -0.1) is 13.2 Å². The number of benzene rings is 8. The zero-order chi connectivity index (χ0) is 92.8. The summed E-state index contributed by atoms with van der Waals surface area (Å²) in [5, 5.41) is 26.0. The lowest BCUT2D eigenvalue weighted by Crippen LogP contribution is -2.67. The van der Waals surface area contributed by atoms with Gasteiger partial charge in [0.15, 0.2) is 0 Å². The lowest BCUT2D eigenvalue weighted by atomic mass is 9.68. The number of hydrogen-bond donors (Lipinski definition) is 4. The Hall–Kier alpha value is -8.39. The van der Waals surface area contributed by atoms with Crippen LogP contribution in [0.3, 0.4) is 0 Å². The quantitative estimate of drug-likeness (QED) is 0.0213. The van der Waals surface area contributed by atoms with E-state index in [0.29, 0.717) is 63.7 Å². The molecule has 14 rings (SSSR count). The molecule has 0 aromatic heterocycles. The minimum Gasteiger partial charge on any atom is -0.490 e. The van der Waals surface area contributed by atoms with Crippen molar-refractivity contribution >= 4 is 104 Å². The van der Waals surface area contributed by atoms with Gasteiger partial charge in [0.1, 0.15) is 11.5 Å². The second-order valence-electron chi connectivity index (χ2n) is 39.6. The average molecular weight is 1880 g/mol. The van der Waals surface area contributed by atoms with Crippen LogP contribution in [-0.2, 0) is 52.6 Å². The van der Waals surface area contributed by atoms with Gasteiger partial charge in [0, 0.05) is 70.4 Å². The summed E-state index contributed by atoms with van der Waals surface area (Å²) in [7, 11) is -14.4. The molecule has 2 heterocycles. The number of ether oxygens (including phenoxy) is 2. The number of anilines is 2. The van der Waals surface area contributed by atoms with Crippen LogP contribution in [0.4, 0.5) is 11.4 Å². The molecule has 2 aliphatic heterocycles. The summed E-state index contributed by atoms with van der Waals surface area (Å²) in [6.45, 7) is 32.7. The lowest BCUT2D eigenvalue weighted by Gasteiger charge is -2.45. The number of aliphatic hydroxyl groups is 2. The maximum Gasteiger partial charge on any atom is 0.264 e. The van der Waals surface area contributed by atoms with Crippen LogP contribution in [0.5, 0.6) is 11.5 Å². The Balaban J connectivity index is 0.000000222. The van der Waals surface area contributed by atoms with Gasteiger partial charge >= 0.3 is 0 Å². The Morgan fingerprint density at radius 1 is 0.515 bits per heavy atom. The molecular formula is C108H138Cl2N4O12S2Si2. The Morgan fingerprint density at radius 2 is 0.869 bits per heavy atom. The first-order chi connectivity index (χ1) is 62.2. The van der Waals surface area contributed by atoms with E-state index in [4.69, 9.17) is 41.5 Å². The summed E-state index contributed by atoms with van der Waals surface area (Å²) in [5.74, 6) is 0.623. The molecule has 0 saturated heterocycles. The summed E-state index contributed by atoms with van der Waals surface area (Å²) in [5.41, 5.74) is 6.27. The van der Waals surface area contributed by atoms with Crippen molar-refractivity contribution in [1.82, 2.24) is 9.44 Å². The Morgan fingerprint density at radius 3 is 1.18 bits per heavy atom. The Bertz CT molecular complexity index is 5070. The standard InChI is InChI=1S/2C54H69ClN2O6SSi/c2*1-7-9-13-25-50(58)47-29-26-42(47)36-57-37-54(32-18-19-40-34-43(55)28-30-48(40)54)38-62-51-31-27-41(35-49(51)57)52(59)56-64(60,61)44(20-10-8-2)33-39(3)63-65(53(4,5)6,45-21-14-11-15-22-45)46-23-16-12-17-24-46/h2*8,11-17,21-25,27-28,30-31,34-35,39,42,44,47,50,58H,2,7,9-10,18-20,26,29,32-33,36-38H2,1,3-6H3,(H,56,59)/b2*25-13+/t39-,42+,44+,47-,50+,54+;39-,42+,44-,47-,50+,54+/m11/s1. The smallest absolute Gasteiger partial charge is 0.264 e. The van der Waals surface area contributed by atoms with Gasteiger partial charge in [-0.1, -0.05) is 261 Å². The van der Waals surface area contributed by atoms with E-state index in [1.54, 1.807) is 36.4 Å². The molecule has 2 saturated carbocycles. The average Bonchev–Trinajstić information content (AvgIpc) is 0.884. The number of rotatable bonds is 36. The van der Waals surface area contributed by atoms with E-state index in [9.17, 15) is 36.6 Å². The van der Waals surface area contributed by atoms with Gasteiger partial charge in [-0.2, -0.15) is 0 Å². The number of carbonyl (C=O) groups excluding carboxylic acids is 2. The van der Waals surface area contributed by atoms with Crippen molar-refractivity contribution in [1.29, 1.82) is 0 Å². The van der Waals surface area contributed by atoms with Crippen LogP contribution in [-0.4, -0.2) is 130 Å². The number of nitrogens with one attached hydrogen (secondary N) is 2. The van der Waals surface area contributed by atoms with E-state index >= 15 is 0 Å². The van der Waals surface area contributed by atoms with Gasteiger partial charge < -0.3 is 38.3 Å². The van der Waals surface area contributed by atoms with Crippen LogP contribution >= 0.6 is 23.2 Å². The molecule has 0 unspecified atom stereocenters. The molecule has 6 aliphatic rings. The molecule has 12 atom stereocenters. The monoisotopic (exact) mass is 1870 g/mol. The number of carbonyl (C=O) groups is 2. The van der Waals surface area contributed by atoms with Crippen molar-refractivity contribution in [3.8, 4) is 11.5 Å². The van der Waals surface area contributed by atoms with Gasteiger partial charge in [-0.3, -0.25) is 9.59 Å². The van der Waals surface area contributed by atoms with Crippen LogP contribution in [0.25, 0.3) is 0 Å². The van der Waals surface area contributed by atoms with E-state index in [0.717, 1.165) is 132 Å². The van der Waals surface area contributed by atoms with E-state index in [1.807, 2.05) is 123 Å². The molecule has 22 heteroatoms. The number of halogens is 2. The van der Waals surface area contributed by atoms with Crippen molar-refractivity contribution < 1.29 is 55.0 Å². The number of amides is 2. The first-order valence-corrected chi connectivity index (χ1v) is 55.1. The van der Waals surface area contributed by atoms with Gasteiger partial charge in [0.25, 0.3) is 28.4 Å². The highest BCUT2D eigenvalue weighted by Crippen LogP contribution is 2.51. The molecule has 4 N–H and O–H groups in total. The Kier molecular flexibility index (Phi) is 33.0. The zero-order valence-electron chi connectivity index (χ0n) is 78.0. The largest absolute Gasteiger partial charge is 0.490 e.